The van der Waals surface area contributed by atoms with E-state index in [0.717, 1.165) is 32.0 Å². The monoisotopic (exact) mass is 365 g/mol. The molecule has 0 atom stereocenters. The maximum atomic E-state index is 12.5. The van der Waals surface area contributed by atoms with E-state index in [1.54, 1.807) is 11.3 Å². The number of thiazole rings is 2. The Balaban J connectivity index is 1.57. The minimum atomic E-state index is -0.136. The van der Waals surface area contributed by atoms with Gasteiger partial charge >= 0.3 is 0 Å². The first-order valence-electron chi connectivity index (χ1n) is 7.80. The van der Waals surface area contributed by atoms with E-state index >= 15 is 0 Å². The fraction of sp³-hybridized carbons (Fsp3) is 0.105. The van der Waals surface area contributed by atoms with E-state index in [1.165, 1.54) is 11.3 Å². The van der Waals surface area contributed by atoms with Crippen LogP contribution in [0.5, 0.6) is 0 Å². The minimum Gasteiger partial charge on any atom is -0.298 e. The quantitative estimate of drug-likeness (QED) is 0.537. The Morgan fingerprint density at radius 3 is 2.72 bits per heavy atom. The number of rotatable bonds is 3. The van der Waals surface area contributed by atoms with Crippen LogP contribution in [0.4, 0.5) is 5.13 Å². The molecule has 25 heavy (non-hydrogen) atoms. The Hall–Kier alpha value is -2.57. The van der Waals surface area contributed by atoms with Crippen molar-refractivity contribution in [1.82, 2.24) is 9.97 Å². The van der Waals surface area contributed by atoms with Gasteiger partial charge in [0.1, 0.15) is 10.7 Å². The maximum Gasteiger partial charge on any atom is 0.257 e. The van der Waals surface area contributed by atoms with Gasteiger partial charge in [-0.2, -0.15) is 0 Å². The van der Waals surface area contributed by atoms with Gasteiger partial charge < -0.3 is 0 Å². The average Bonchev–Trinajstić information content (AvgIpc) is 3.20. The van der Waals surface area contributed by atoms with E-state index in [0.29, 0.717) is 10.7 Å². The van der Waals surface area contributed by atoms with Crippen molar-refractivity contribution in [3.8, 4) is 10.7 Å². The number of carbonyl (C=O) groups excluding carboxylic acids is 1. The summed E-state index contributed by atoms with van der Waals surface area (Å²) in [5.41, 5.74) is 4.53. The lowest BCUT2D eigenvalue weighted by Crippen LogP contribution is -2.13. The fourth-order valence-corrected chi connectivity index (χ4v) is 4.34. The number of amides is 1. The second-order valence-electron chi connectivity index (χ2n) is 5.80. The minimum absolute atomic E-state index is 0.136. The van der Waals surface area contributed by atoms with Crippen molar-refractivity contribution >= 4 is 43.9 Å². The highest BCUT2D eigenvalue weighted by Gasteiger charge is 2.14. The topological polar surface area (TPSA) is 54.9 Å². The van der Waals surface area contributed by atoms with E-state index in [2.05, 4.69) is 15.3 Å². The Morgan fingerprint density at radius 2 is 1.92 bits per heavy atom. The van der Waals surface area contributed by atoms with E-state index in [1.807, 2.05) is 61.7 Å². The van der Waals surface area contributed by atoms with E-state index in [-0.39, 0.29) is 5.91 Å². The first-order valence-corrected chi connectivity index (χ1v) is 9.50. The van der Waals surface area contributed by atoms with Crippen LogP contribution in [0.1, 0.15) is 21.5 Å². The molecule has 4 nitrogen and oxygen atoms in total. The summed E-state index contributed by atoms with van der Waals surface area (Å²) < 4.78 is 1.13. The van der Waals surface area contributed by atoms with Crippen molar-refractivity contribution in [2.75, 3.05) is 5.32 Å². The third-order valence-corrected chi connectivity index (χ3v) is 5.68. The van der Waals surface area contributed by atoms with Crippen LogP contribution in [-0.2, 0) is 0 Å². The van der Waals surface area contributed by atoms with E-state index < -0.39 is 0 Å². The van der Waals surface area contributed by atoms with Crippen molar-refractivity contribution < 1.29 is 4.79 Å². The zero-order valence-corrected chi connectivity index (χ0v) is 15.4. The summed E-state index contributed by atoms with van der Waals surface area (Å²) in [4.78, 5) is 21.6. The number of nitrogens with one attached hydrogen (secondary N) is 1. The summed E-state index contributed by atoms with van der Waals surface area (Å²) in [6.45, 7) is 3.95. The molecule has 0 radical (unpaired) electrons. The number of aryl methyl sites for hydroxylation is 2. The zero-order valence-electron chi connectivity index (χ0n) is 13.7. The van der Waals surface area contributed by atoms with Crippen LogP contribution in [0, 0.1) is 13.8 Å². The molecule has 0 aliphatic rings. The smallest absolute Gasteiger partial charge is 0.257 e. The Labute approximate surface area is 153 Å². The summed E-state index contributed by atoms with van der Waals surface area (Å²) in [5.74, 6) is -0.136. The third-order valence-electron chi connectivity index (χ3n) is 3.86. The first kappa shape index (κ1) is 15.9. The van der Waals surface area contributed by atoms with Gasteiger partial charge in [-0.3, -0.25) is 10.1 Å². The lowest BCUT2D eigenvalue weighted by Gasteiger charge is -2.06. The molecule has 1 N–H and O–H groups in total. The van der Waals surface area contributed by atoms with E-state index in [4.69, 9.17) is 0 Å². The fourth-order valence-electron chi connectivity index (χ4n) is 2.64. The SMILES string of the molecule is Cc1ccc(C(=O)Nc2nc(-c3nc4ccccc4s3)cs2)c(C)c1. The molecule has 0 bridgehead atoms. The van der Waals surface area contributed by atoms with Gasteiger partial charge in [-0.1, -0.05) is 29.8 Å². The number of fused-ring (bicyclic) bond motifs is 1. The zero-order chi connectivity index (χ0) is 17.4. The summed E-state index contributed by atoms with van der Waals surface area (Å²) in [5, 5.41) is 6.26. The number of carbonyl (C=O) groups is 1. The number of benzene rings is 2. The van der Waals surface area contributed by atoms with Gasteiger partial charge in [0.25, 0.3) is 5.91 Å². The number of hydrogen-bond acceptors (Lipinski definition) is 5. The summed E-state index contributed by atoms with van der Waals surface area (Å²) in [6, 6.07) is 13.8. The average molecular weight is 365 g/mol. The number of nitrogens with zero attached hydrogens (tertiary/aromatic N) is 2. The predicted octanol–water partition coefficient (Wildman–Crippen LogP) is 5.29. The molecule has 0 saturated carbocycles. The molecule has 124 valence electrons. The van der Waals surface area contributed by atoms with Crippen LogP contribution in [0.2, 0.25) is 0 Å². The molecule has 0 unspecified atom stereocenters. The number of anilines is 1. The summed E-state index contributed by atoms with van der Waals surface area (Å²) >= 11 is 3.01. The molecular formula is C19H15N3OS2. The normalized spacial score (nSPS) is 11.0. The molecule has 0 aliphatic heterocycles. The van der Waals surface area contributed by atoms with Crippen LogP contribution in [0.25, 0.3) is 20.9 Å². The molecule has 0 aliphatic carbocycles. The lowest BCUT2D eigenvalue weighted by molar-refractivity contribution is 0.102. The van der Waals surface area contributed by atoms with E-state index in [9.17, 15) is 4.79 Å². The Bertz CT molecular complexity index is 1050. The van der Waals surface area contributed by atoms with Crippen LogP contribution in [0.3, 0.4) is 0 Å². The van der Waals surface area contributed by atoms with Gasteiger partial charge in [0.2, 0.25) is 0 Å². The second-order valence-corrected chi connectivity index (χ2v) is 7.69. The highest BCUT2D eigenvalue weighted by Crippen LogP contribution is 2.32. The van der Waals surface area contributed by atoms with Gasteiger partial charge in [0, 0.05) is 10.9 Å². The third kappa shape index (κ3) is 3.18. The van der Waals surface area contributed by atoms with Crippen molar-refractivity contribution in [3.05, 3.63) is 64.5 Å². The van der Waals surface area contributed by atoms with Gasteiger partial charge in [0.15, 0.2) is 5.13 Å². The Morgan fingerprint density at radius 1 is 1.08 bits per heavy atom. The van der Waals surface area contributed by atoms with Crippen molar-refractivity contribution in [2.24, 2.45) is 0 Å². The van der Waals surface area contributed by atoms with Gasteiger partial charge in [0.05, 0.1) is 10.2 Å². The van der Waals surface area contributed by atoms with Gasteiger partial charge in [-0.25, -0.2) is 9.97 Å². The number of hydrogen-bond donors (Lipinski definition) is 1. The summed E-state index contributed by atoms with van der Waals surface area (Å²) in [7, 11) is 0. The Kier molecular flexibility index (Phi) is 4.07. The molecular weight excluding hydrogens is 350 g/mol. The molecule has 0 saturated heterocycles. The second kappa shape index (κ2) is 6.38. The van der Waals surface area contributed by atoms with Crippen LogP contribution >= 0.6 is 22.7 Å². The standard InChI is InChI=1S/C19H15N3OS2/c1-11-7-8-13(12(2)9-11)17(23)22-19-21-15(10-24-19)18-20-14-5-3-4-6-16(14)25-18/h3-10H,1-2H3,(H,21,22,23). The first-order chi connectivity index (χ1) is 12.1. The predicted molar refractivity (Wildman–Crippen MR) is 105 cm³/mol. The van der Waals surface area contributed by atoms with Crippen molar-refractivity contribution in [1.29, 1.82) is 0 Å². The van der Waals surface area contributed by atoms with Crippen molar-refractivity contribution in [3.63, 3.8) is 0 Å². The van der Waals surface area contributed by atoms with Crippen LogP contribution in [-0.4, -0.2) is 15.9 Å². The molecule has 4 rings (SSSR count). The molecule has 2 aromatic carbocycles. The number of para-hydroxylation sites is 1. The molecule has 2 aromatic heterocycles. The molecule has 0 fully saturated rings. The van der Waals surface area contributed by atoms with Crippen molar-refractivity contribution in [2.45, 2.75) is 13.8 Å². The molecule has 4 aromatic rings. The van der Waals surface area contributed by atoms with Gasteiger partial charge in [-0.15, -0.1) is 22.7 Å². The molecule has 1 amide bonds. The molecule has 6 heteroatoms. The van der Waals surface area contributed by atoms with Crippen LogP contribution < -0.4 is 5.32 Å². The largest absolute Gasteiger partial charge is 0.298 e. The molecule has 0 spiro atoms. The van der Waals surface area contributed by atoms with Gasteiger partial charge in [-0.05, 0) is 37.6 Å². The maximum absolute atomic E-state index is 12.5. The highest BCUT2D eigenvalue weighted by molar-refractivity contribution is 7.22. The molecule has 2 heterocycles. The summed E-state index contributed by atoms with van der Waals surface area (Å²) in [6.07, 6.45) is 0. The lowest BCUT2D eigenvalue weighted by atomic mass is 10.1. The highest BCUT2D eigenvalue weighted by atomic mass is 32.1. The van der Waals surface area contributed by atoms with Crippen LogP contribution in [0.15, 0.2) is 47.8 Å². The number of aromatic nitrogens is 2.